The van der Waals surface area contributed by atoms with Crippen molar-refractivity contribution < 1.29 is 19.4 Å². The minimum absolute atomic E-state index is 0.0764. The number of ether oxygens (including phenoxy) is 1. The van der Waals surface area contributed by atoms with Gasteiger partial charge in [-0.15, -0.1) is 0 Å². The molecule has 1 aliphatic carbocycles. The fraction of sp³-hybridized carbons (Fsp3) is 0.500. The Kier molecular flexibility index (Phi) is 8.65. The number of aryl methyl sites for hydroxylation is 1. The maximum atomic E-state index is 12.3. The first-order valence-corrected chi connectivity index (χ1v) is 10.2. The Morgan fingerprint density at radius 1 is 1.29 bits per heavy atom. The van der Waals surface area contributed by atoms with Crippen LogP contribution in [0.15, 0.2) is 42.5 Å². The number of hydrogen-bond acceptors (Lipinski definition) is 4. The van der Waals surface area contributed by atoms with E-state index in [9.17, 15) is 14.7 Å². The number of aliphatic hydroxyl groups excluding tert-OH is 1. The summed E-state index contributed by atoms with van der Waals surface area (Å²) in [6.07, 6.45) is 10.1. The number of ketones is 1. The molecule has 0 radical (unpaired) electrons. The van der Waals surface area contributed by atoms with E-state index in [4.69, 9.17) is 4.74 Å². The summed E-state index contributed by atoms with van der Waals surface area (Å²) < 4.78 is 5.11. The Hall–Kier alpha value is -2.20. The molecule has 0 heterocycles. The Labute approximate surface area is 168 Å². The third kappa shape index (κ3) is 6.75. The number of hydrogen-bond donors (Lipinski definition) is 1. The van der Waals surface area contributed by atoms with Crippen LogP contribution in [0.25, 0.3) is 6.08 Å². The van der Waals surface area contributed by atoms with Crippen molar-refractivity contribution in [3.63, 3.8) is 0 Å². The van der Waals surface area contributed by atoms with E-state index >= 15 is 0 Å². The van der Waals surface area contributed by atoms with E-state index in [1.807, 2.05) is 69.3 Å². The first-order valence-electron chi connectivity index (χ1n) is 10.2. The lowest BCUT2D eigenvalue weighted by Crippen LogP contribution is -2.17. The molecule has 0 amide bonds. The molecule has 0 spiro atoms. The number of carbonyl (C=O) groups excluding carboxylic acids is 2. The Morgan fingerprint density at radius 3 is 2.75 bits per heavy atom. The zero-order valence-corrected chi connectivity index (χ0v) is 17.1. The van der Waals surface area contributed by atoms with Crippen LogP contribution in [0.1, 0.15) is 57.1 Å². The average molecular weight is 385 g/mol. The summed E-state index contributed by atoms with van der Waals surface area (Å²) in [5, 5.41) is 10.3. The van der Waals surface area contributed by atoms with Gasteiger partial charge in [-0.25, -0.2) is 0 Å². The Morgan fingerprint density at radius 2 is 2.04 bits per heavy atom. The second kappa shape index (κ2) is 11.0. The summed E-state index contributed by atoms with van der Waals surface area (Å²) in [5.74, 6) is -0.383. The van der Waals surface area contributed by atoms with Crippen molar-refractivity contribution in [1.82, 2.24) is 0 Å². The molecule has 1 aromatic rings. The minimum atomic E-state index is -0.614. The summed E-state index contributed by atoms with van der Waals surface area (Å²) in [5.41, 5.74) is 2.28. The molecule has 0 bridgehead atoms. The summed E-state index contributed by atoms with van der Waals surface area (Å²) in [6, 6.07) is 8.07. The number of benzene rings is 1. The van der Waals surface area contributed by atoms with Crippen molar-refractivity contribution in [3.05, 3.63) is 53.6 Å². The fourth-order valence-corrected chi connectivity index (χ4v) is 3.56. The smallest absolute Gasteiger partial charge is 0.306 e. The first-order chi connectivity index (χ1) is 13.4. The van der Waals surface area contributed by atoms with Crippen molar-refractivity contribution in [2.45, 2.75) is 65.1 Å². The molecule has 1 fully saturated rings. The van der Waals surface area contributed by atoms with E-state index in [0.29, 0.717) is 12.8 Å². The van der Waals surface area contributed by atoms with Crippen LogP contribution in [0.4, 0.5) is 0 Å². The van der Waals surface area contributed by atoms with Crippen LogP contribution in [0, 0.1) is 18.8 Å². The van der Waals surface area contributed by atoms with E-state index in [2.05, 4.69) is 0 Å². The number of Topliss-reactive ketones (excluding diaryl/α,β-unsaturated/α-hetero) is 1. The predicted molar refractivity (Wildman–Crippen MR) is 112 cm³/mol. The van der Waals surface area contributed by atoms with Crippen LogP contribution in [0.3, 0.4) is 0 Å². The SMILES string of the molecule is Cc1ccccc1/C=C/[C@H]1[C@H](O)CC(=O)[C@@H]1C/C=C\CCCC(=O)OC(C)C. The lowest BCUT2D eigenvalue weighted by Gasteiger charge is -2.16. The van der Waals surface area contributed by atoms with Gasteiger partial charge in [-0.3, -0.25) is 9.59 Å². The predicted octanol–water partition coefficient (Wildman–Crippen LogP) is 4.64. The lowest BCUT2D eigenvalue weighted by atomic mass is 9.90. The van der Waals surface area contributed by atoms with Crippen LogP contribution >= 0.6 is 0 Å². The summed E-state index contributed by atoms with van der Waals surface area (Å²) >= 11 is 0. The molecular formula is C24H32O4. The number of esters is 1. The molecule has 28 heavy (non-hydrogen) atoms. The fourth-order valence-electron chi connectivity index (χ4n) is 3.56. The maximum absolute atomic E-state index is 12.3. The number of aliphatic hydroxyl groups is 1. The van der Waals surface area contributed by atoms with E-state index in [0.717, 1.165) is 18.4 Å². The lowest BCUT2D eigenvalue weighted by molar-refractivity contribution is -0.147. The molecule has 152 valence electrons. The number of rotatable bonds is 9. The zero-order chi connectivity index (χ0) is 20.5. The summed E-state index contributed by atoms with van der Waals surface area (Å²) in [6.45, 7) is 5.73. The third-order valence-corrected chi connectivity index (χ3v) is 5.09. The normalized spacial score (nSPS) is 22.6. The van der Waals surface area contributed by atoms with Gasteiger partial charge < -0.3 is 9.84 Å². The topological polar surface area (TPSA) is 63.6 Å². The van der Waals surface area contributed by atoms with Gasteiger partial charge in [0.1, 0.15) is 5.78 Å². The van der Waals surface area contributed by atoms with Crippen molar-refractivity contribution in [3.8, 4) is 0 Å². The highest BCUT2D eigenvalue weighted by Crippen LogP contribution is 2.33. The summed E-state index contributed by atoms with van der Waals surface area (Å²) in [4.78, 5) is 23.8. The molecule has 4 heteroatoms. The number of carbonyl (C=O) groups is 2. The van der Waals surface area contributed by atoms with Crippen LogP contribution in [0.5, 0.6) is 0 Å². The van der Waals surface area contributed by atoms with Gasteiger partial charge in [-0.1, -0.05) is 48.6 Å². The van der Waals surface area contributed by atoms with Gasteiger partial charge >= 0.3 is 5.97 Å². The molecule has 0 aliphatic heterocycles. The molecular weight excluding hydrogens is 352 g/mol. The van der Waals surface area contributed by atoms with Gasteiger partial charge in [0.15, 0.2) is 0 Å². The van der Waals surface area contributed by atoms with Gasteiger partial charge in [-0.2, -0.15) is 0 Å². The molecule has 1 saturated carbocycles. The maximum Gasteiger partial charge on any atom is 0.306 e. The number of allylic oxidation sites excluding steroid dienone is 2. The van der Waals surface area contributed by atoms with Gasteiger partial charge in [-0.05, 0) is 51.2 Å². The highest BCUT2D eigenvalue weighted by Gasteiger charge is 2.39. The highest BCUT2D eigenvalue weighted by molar-refractivity contribution is 5.85. The minimum Gasteiger partial charge on any atom is -0.463 e. The zero-order valence-electron chi connectivity index (χ0n) is 17.1. The van der Waals surface area contributed by atoms with Gasteiger partial charge in [0.2, 0.25) is 0 Å². The van der Waals surface area contributed by atoms with Crippen molar-refractivity contribution in [2.75, 3.05) is 0 Å². The van der Waals surface area contributed by atoms with Crippen molar-refractivity contribution in [1.29, 1.82) is 0 Å². The molecule has 1 aliphatic rings. The van der Waals surface area contributed by atoms with Crippen LogP contribution in [-0.4, -0.2) is 29.1 Å². The average Bonchev–Trinajstić information content (AvgIpc) is 2.89. The van der Waals surface area contributed by atoms with E-state index < -0.39 is 6.10 Å². The molecule has 1 N–H and O–H groups in total. The van der Waals surface area contributed by atoms with Gasteiger partial charge in [0, 0.05) is 24.7 Å². The molecule has 0 unspecified atom stereocenters. The van der Waals surface area contributed by atoms with Crippen LogP contribution < -0.4 is 0 Å². The Bertz CT molecular complexity index is 717. The standard InChI is InChI=1S/C24H32O4/c1-17(2)28-24(27)13-7-5-4-6-12-20-21(23(26)16-22(20)25)15-14-19-11-9-8-10-18(19)3/h4,6,8-11,14-15,17,20-21,23,26H,5,7,12-13,16H2,1-3H3/b6-4-,15-14+/t20-,21-,23-/m1/s1. The first kappa shape index (κ1) is 22.1. The van der Waals surface area contributed by atoms with Crippen molar-refractivity contribution in [2.24, 2.45) is 11.8 Å². The van der Waals surface area contributed by atoms with E-state index in [-0.39, 0.29) is 36.1 Å². The van der Waals surface area contributed by atoms with Crippen molar-refractivity contribution >= 4 is 17.8 Å². The highest BCUT2D eigenvalue weighted by atomic mass is 16.5. The quantitative estimate of drug-likeness (QED) is 0.383. The van der Waals surface area contributed by atoms with Gasteiger partial charge in [0.05, 0.1) is 12.2 Å². The third-order valence-electron chi connectivity index (χ3n) is 5.09. The molecule has 3 atom stereocenters. The molecule has 1 aromatic carbocycles. The van der Waals surface area contributed by atoms with E-state index in [1.54, 1.807) is 0 Å². The van der Waals surface area contributed by atoms with Gasteiger partial charge in [0.25, 0.3) is 0 Å². The molecule has 0 saturated heterocycles. The molecule has 4 nitrogen and oxygen atoms in total. The monoisotopic (exact) mass is 384 g/mol. The van der Waals surface area contributed by atoms with E-state index in [1.165, 1.54) is 5.56 Å². The second-order valence-electron chi connectivity index (χ2n) is 7.78. The Balaban J connectivity index is 1.85. The summed E-state index contributed by atoms with van der Waals surface area (Å²) in [7, 11) is 0. The second-order valence-corrected chi connectivity index (χ2v) is 7.78. The molecule has 0 aromatic heterocycles. The van der Waals surface area contributed by atoms with Crippen LogP contribution in [-0.2, 0) is 14.3 Å². The largest absolute Gasteiger partial charge is 0.463 e. The van der Waals surface area contributed by atoms with Crippen LogP contribution in [0.2, 0.25) is 0 Å². The number of unbranched alkanes of at least 4 members (excludes halogenated alkanes) is 1. The molecule has 2 rings (SSSR count).